The van der Waals surface area contributed by atoms with Crippen molar-refractivity contribution in [1.29, 1.82) is 0 Å². The van der Waals surface area contributed by atoms with Gasteiger partial charge in [0, 0.05) is 29.1 Å². The molecule has 7 nitrogen and oxygen atoms in total. The van der Waals surface area contributed by atoms with Gasteiger partial charge in [-0.2, -0.15) is 0 Å². The summed E-state index contributed by atoms with van der Waals surface area (Å²) >= 11 is 19.9. The first-order valence-corrected chi connectivity index (χ1v) is 11.8. The average molecular weight is 528 g/mol. The number of aliphatic carboxylic acids is 1. The SMILES string of the molecule is O=C(O)COc1ccc(Cl)cc1C1c2scnc2CCN1C(=O)OCc1cccc(Cl)c1Cl. The van der Waals surface area contributed by atoms with E-state index in [1.807, 2.05) is 0 Å². The third-order valence-electron chi connectivity index (χ3n) is 5.06. The molecule has 0 saturated heterocycles. The zero-order valence-corrected chi connectivity index (χ0v) is 20.0. The molecule has 1 aliphatic rings. The van der Waals surface area contributed by atoms with Gasteiger partial charge in [-0.05, 0) is 24.3 Å². The molecule has 1 atom stereocenters. The molecule has 1 amide bonds. The molecule has 1 unspecified atom stereocenters. The third kappa shape index (κ3) is 5.19. The minimum atomic E-state index is -1.12. The highest BCUT2D eigenvalue weighted by Gasteiger charge is 2.37. The number of benzene rings is 2. The first kappa shape index (κ1) is 23.6. The van der Waals surface area contributed by atoms with Gasteiger partial charge >= 0.3 is 12.1 Å². The maximum atomic E-state index is 13.2. The van der Waals surface area contributed by atoms with Crippen LogP contribution in [0.5, 0.6) is 5.75 Å². The number of nitrogens with zero attached hydrogens (tertiary/aromatic N) is 2. The van der Waals surface area contributed by atoms with Gasteiger partial charge in [0.25, 0.3) is 0 Å². The minimum absolute atomic E-state index is 0.0606. The van der Waals surface area contributed by atoms with Crippen LogP contribution in [0.1, 0.15) is 27.7 Å². The lowest BCUT2D eigenvalue weighted by atomic mass is 9.97. The summed E-state index contributed by atoms with van der Waals surface area (Å²) in [5, 5.41) is 10.2. The van der Waals surface area contributed by atoms with E-state index in [1.54, 1.807) is 46.8 Å². The Morgan fingerprint density at radius 1 is 1.21 bits per heavy atom. The number of fused-ring (bicyclic) bond motifs is 1. The van der Waals surface area contributed by atoms with Gasteiger partial charge in [0.1, 0.15) is 18.4 Å². The van der Waals surface area contributed by atoms with Crippen LogP contribution in [0.15, 0.2) is 41.9 Å². The number of amides is 1. The Morgan fingerprint density at radius 3 is 2.82 bits per heavy atom. The van der Waals surface area contributed by atoms with Gasteiger partial charge in [-0.15, -0.1) is 11.3 Å². The second kappa shape index (κ2) is 10.2. The van der Waals surface area contributed by atoms with Gasteiger partial charge in [0.2, 0.25) is 0 Å². The largest absolute Gasteiger partial charge is 0.482 e. The lowest BCUT2D eigenvalue weighted by Gasteiger charge is -2.35. The smallest absolute Gasteiger partial charge is 0.410 e. The number of halogens is 3. The predicted molar refractivity (Wildman–Crippen MR) is 126 cm³/mol. The fraction of sp³-hybridized carbons (Fsp3) is 0.227. The molecule has 172 valence electrons. The molecule has 0 aliphatic carbocycles. The van der Waals surface area contributed by atoms with Crippen molar-refractivity contribution in [3.63, 3.8) is 0 Å². The van der Waals surface area contributed by atoms with Crippen LogP contribution in [0.4, 0.5) is 4.79 Å². The van der Waals surface area contributed by atoms with Crippen LogP contribution in [0.2, 0.25) is 15.1 Å². The lowest BCUT2D eigenvalue weighted by molar-refractivity contribution is -0.139. The van der Waals surface area contributed by atoms with Gasteiger partial charge in [-0.25, -0.2) is 14.6 Å². The Bertz CT molecular complexity index is 1200. The summed E-state index contributed by atoms with van der Waals surface area (Å²) < 4.78 is 11.1. The van der Waals surface area contributed by atoms with Crippen LogP contribution in [0, 0.1) is 0 Å². The number of hydrogen-bond acceptors (Lipinski definition) is 6. The van der Waals surface area contributed by atoms with Crippen molar-refractivity contribution in [2.24, 2.45) is 0 Å². The van der Waals surface area contributed by atoms with Gasteiger partial charge in [-0.3, -0.25) is 4.90 Å². The Hall–Kier alpha value is -2.52. The molecule has 0 radical (unpaired) electrons. The highest BCUT2D eigenvalue weighted by atomic mass is 35.5. The number of thiazole rings is 1. The Balaban J connectivity index is 1.66. The molecule has 1 aliphatic heterocycles. The van der Waals surface area contributed by atoms with E-state index in [1.165, 1.54) is 11.3 Å². The molecule has 1 aromatic heterocycles. The molecule has 4 rings (SSSR count). The van der Waals surface area contributed by atoms with Crippen LogP contribution in [0.3, 0.4) is 0 Å². The average Bonchev–Trinajstić information content (AvgIpc) is 3.27. The quantitative estimate of drug-likeness (QED) is 0.432. The number of aromatic nitrogens is 1. The second-order valence-corrected chi connectivity index (χ2v) is 9.25. The summed E-state index contributed by atoms with van der Waals surface area (Å²) in [6.07, 6.45) is -0.0203. The van der Waals surface area contributed by atoms with Crippen molar-refractivity contribution in [3.05, 3.63) is 78.7 Å². The molecule has 11 heteroatoms. The number of carboxylic acid groups (broad SMARTS) is 1. The topological polar surface area (TPSA) is 89.0 Å². The number of carbonyl (C=O) groups is 2. The molecule has 2 heterocycles. The van der Waals surface area contributed by atoms with E-state index in [4.69, 9.17) is 49.4 Å². The van der Waals surface area contributed by atoms with Crippen molar-refractivity contribution in [3.8, 4) is 5.75 Å². The summed E-state index contributed by atoms with van der Waals surface area (Å²) in [4.78, 5) is 31.0. The number of carboxylic acids is 1. The van der Waals surface area contributed by atoms with Gasteiger partial charge in [0.15, 0.2) is 6.61 Å². The number of rotatable bonds is 6. The molecular formula is C22H17Cl3N2O5S. The van der Waals surface area contributed by atoms with Crippen LogP contribution < -0.4 is 4.74 Å². The van der Waals surface area contributed by atoms with Crippen molar-refractivity contribution in [2.75, 3.05) is 13.2 Å². The standard InChI is InChI=1S/C22H17Cl3N2O5S/c23-13-4-5-17(31-10-18(28)29)14(8-13)20-21-16(26-11-33-21)6-7-27(20)22(30)32-9-12-2-1-3-15(24)19(12)25/h1-5,8,11,20H,6-7,9-10H2,(H,28,29). The van der Waals surface area contributed by atoms with E-state index in [9.17, 15) is 9.59 Å². The monoisotopic (exact) mass is 526 g/mol. The number of carbonyl (C=O) groups excluding carboxylic acids is 1. The number of ether oxygens (including phenoxy) is 2. The second-order valence-electron chi connectivity index (χ2n) is 7.14. The third-order valence-corrected chi connectivity index (χ3v) is 7.07. The Kier molecular flexibility index (Phi) is 7.29. The fourth-order valence-electron chi connectivity index (χ4n) is 3.58. The van der Waals surface area contributed by atoms with Crippen molar-refractivity contribution >= 4 is 58.2 Å². The van der Waals surface area contributed by atoms with Gasteiger partial charge in [-0.1, -0.05) is 46.9 Å². The van der Waals surface area contributed by atoms with E-state index < -0.39 is 24.7 Å². The Morgan fingerprint density at radius 2 is 2.03 bits per heavy atom. The summed E-state index contributed by atoms with van der Waals surface area (Å²) in [5.74, 6) is -0.809. The molecular weight excluding hydrogens is 511 g/mol. The van der Waals surface area contributed by atoms with E-state index >= 15 is 0 Å². The summed E-state index contributed by atoms with van der Waals surface area (Å²) in [7, 11) is 0. The van der Waals surface area contributed by atoms with Crippen molar-refractivity contribution < 1.29 is 24.2 Å². The normalized spacial score (nSPS) is 15.1. The fourth-order valence-corrected chi connectivity index (χ4v) is 5.10. The summed E-state index contributed by atoms with van der Waals surface area (Å²) in [5.41, 5.74) is 3.70. The van der Waals surface area contributed by atoms with Crippen LogP contribution in [-0.4, -0.2) is 40.2 Å². The highest BCUT2D eigenvalue weighted by Crippen LogP contribution is 2.42. The molecule has 3 aromatic rings. The summed E-state index contributed by atoms with van der Waals surface area (Å²) in [6, 6.07) is 9.35. The number of hydrogen-bond donors (Lipinski definition) is 1. The molecule has 0 spiro atoms. The van der Waals surface area contributed by atoms with E-state index in [2.05, 4.69) is 4.98 Å². The van der Waals surface area contributed by atoms with Crippen LogP contribution >= 0.6 is 46.1 Å². The molecule has 1 N–H and O–H groups in total. The molecule has 2 aromatic carbocycles. The first-order valence-electron chi connectivity index (χ1n) is 9.77. The van der Waals surface area contributed by atoms with Crippen molar-refractivity contribution in [1.82, 2.24) is 9.88 Å². The molecule has 0 saturated carbocycles. The van der Waals surface area contributed by atoms with Crippen LogP contribution in [0.25, 0.3) is 0 Å². The first-order chi connectivity index (χ1) is 15.8. The maximum absolute atomic E-state index is 13.2. The van der Waals surface area contributed by atoms with E-state index in [-0.39, 0.29) is 6.61 Å². The van der Waals surface area contributed by atoms with Gasteiger partial charge < -0.3 is 14.6 Å². The van der Waals surface area contributed by atoms with E-state index in [0.29, 0.717) is 44.9 Å². The van der Waals surface area contributed by atoms with Crippen molar-refractivity contribution in [2.45, 2.75) is 19.1 Å². The lowest BCUT2D eigenvalue weighted by Crippen LogP contribution is -2.40. The maximum Gasteiger partial charge on any atom is 0.410 e. The predicted octanol–water partition coefficient (Wildman–Crippen LogP) is 5.85. The van der Waals surface area contributed by atoms with E-state index in [0.717, 1.165) is 10.6 Å². The molecule has 0 bridgehead atoms. The minimum Gasteiger partial charge on any atom is -0.482 e. The zero-order chi connectivity index (χ0) is 23.5. The molecule has 0 fully saturated rings. The van der Waals surface area contributed by atoms with Gasteiger partial charge in [0.05, 0.1) is 26.1 Å². The molecule has 33 heavy (non-hydrogen) atoms. The Labute approximate surface area is 208 Å². The zero-order valence-electron chi connectivity index (χ0n) is 17.0. The van der Waals surface area contributed by atoms with Crippen LogP contribution in [-0.2, 0) is 22.6 Å². The highest BCUT2D eigenvalue weighted by molar-refractivity contribution is 7.09. The summed E-state index contributed by atoms with van der Waals surface area (Å²) in [6.45, 7) is -0.252.